The van der Waals surface area contributed by atoms with Crippen molar-refractivity contribution in [2.24, 2.45) is 5.92 Å². The van der Waals surface area contributed by atoms with E-state index in [2.05, 4.69) is 20.5 Å². The number of aromatic nitrogens is 1. The molecule has 10 heteroatoms. The minimum absolute atomic E-state index is 0.196. The van der Waals surface area contributed by atoms with Crippen molar-refractivity contribution < 1.29 is 23.5 Å². The third-order valence-corrected chi connectivity index (χ3v) is 7.64. The second-order valence-corrected chi connectivity index (χ2v) is 10.1. The Morgan fingerprint density at radius 2 is 1.85 bits per heavy atom. The van der Waals surface area contributed by atoms with Gasteiger partial charge in [-0.05, 0) is 88.6 Å². The van der Waals surface area contributed by atoms with E-state index in [-0.39, 0.29) is 25.0 Å². The number of piperidine rings is 1. The summed E-state index contributed by atoms with van der Waals surface area (Å²) in [4.78, 5) is 46.2. The molecule has 3 N–H and O–H groups in total. The second-order valence-electron chi connectivity index (χ2n) is 10.1. The van der Waals surface area contributed by atoms with E-state index in [9.17, 15) is 18.8 Å². The Kier molecular flexibility index (Phi) is 9.19. The Hall–Kier alpha value is -3.50. The Labute approximate surface area is 228 Å². The number of hydrogen-bond donors (Lipinski definition) is 3. The third kappa shape index (κ3) is 6.39. The van der Waals surface area contributed by atoms with Crippen LogP contribution in [-0.2, 0) is 9.53 Å². The average Bonchev–Trinajstić information content (AvgIpc) is 3.39. The average molecular weight is 540 g/mol. The van der Waals surface area contributed by atoms with E-state index in [1.807, 2.05) is 13.8 Å². The number of nitrogens with zero attached hydrogens (tertiary/aromatic N) is 2. The molecular formula is C29H38FN5O4. The van der Waals surface area contributed by atoms with Gasteiger partial charge in [0.2, 0.25) is 0 Å². The van der Waals surface area contributed by atoms with Crippen LogP contribution in [0, 0.1) is 25.6 Å². The van der Waals surface area contributed by atoms with Crippen LogP contribution in [-0.4, -0.2) is 78.6 Å². The number of fused-ring (bicyclic) bond motifs is 1. The molecule has 0 aliphatic carbocycles. The van der Waals surface area contributed by atoms with Gasteiger partial charge in [-0.15, -0.1) is 0 Å². The molecule has 3 heterocycles. The quantitative estimate of drug-likeness (QED) is 0.413. The van der Waals surface area contributed by atoms with E-state index >= 15 is 0 Å². The zero-order chi connectivity index (χ0) is 28.1. The minimum atomic E-state index is -0.648. The minimum Gasteiger partial charge on any atom is -0.449 e. The van der Waals surface area contributed by atoms with Gasteiger partial charge in [-0.1, -0.05) is 13.8 Å². The molecule has 0 atom stereocenters. The highest BCUT2D eigenvalue weighted by Crippen LogP contribution is 2.34. The molecule has 39 heavy (non-hydrogen) atoms. The molecule has 2 aromatic rings. The molecule has 0 spiro atoms. The lowest BCUT2D eigenvalue weighted by Gasteiger charge is -2.27. The molecule has 9 nitrogen and oxygen atoms in total. The first-order valence-corrected chi connectivity index (χ1v) is 13.7. The van der Waals surface area contributed by atoms with Crippen LogP contribution in [0.3, 0.4) is 0 Å². The lowest BCUT2D eigenvalue weighted by molar-refractivity contribution is -0.110. The smallest absolute Gasteiger partial charge is 0.416 e. The van der Waals surface area contributed by atoms with E-state index in [0.717, 1.165) is 39.0 Å². The van der Waals surface area contributed by atoms with Crippen molar-refractivity contribution in [3.05, 3.63) is 52.1 Å². The molecule has 0 saturated carbocycles. The number of halogens is 1. The molecule has 1 aromatic heterocycles. The number of anilines is 1. The second kappa shape index (κ2) is 12.6. The summed E-state index contributed by atoms with van der Waals surface area (Å²) in [6, 6.07) is 4.12. The monoisotopic (exact) mass is 539 g/mol. The van der Waals surface area contributed by atoms with Crippen molar-refractivity contribution in [2.45, 2.75) is 40.5 Å². The molecule has 1 saturated heterocycles. The van der Waals surface area contributed by atoms with Crippen molar-refractivity contribution in [3.63, 3.8) is 0 Å². The highest BCUT2D eigenvalue weighted by molar-refractivity contribution is 6.35. The lowest BCUT2D eigenvalue weighted by atomic mass is 9.99. The van der Waals surface area contributed by atoms with Crippen LogP contribution in [0.5, 0.6) is 0 Å². The summed E-state index contributed by atoms with van der Waals surface area (Å²) in [5.41, 5.74) is 3.37. The van der Waals surface area contributed by atoms with Gasteiger partial charge in [0.1, 0.15) is 5.82 Å². The van der Waals surface area contributed by atoms with Crippen LogP contribution < -0.4 is 10.6 Å². The lowest BCUT2D eigenvalue weighted by Crippen LogP contribution is -2.43. The number of H-pyrrole nitrogens is 1. The van der Waals surface area contributed by atoms with E-state index in [1.165, 1.54) is 23.1 Å². The number of rotatable bonds is 9. The van der Waals surface area contributed by atoms with E-state index in [0.29, 0.717) is 45.9 Å². The zero-order valence-electron chi connectivity index (χ0n) is 23.2. The van der Waals surface area contributed by atoms with Crippen molar-refractivity contribution in [3.8, 4) is 0 Å². The first-order valence-electron chi connectivity index (χ1n) is 13.7. The summed E-state index contributed by atoms with van der Waals surface area (Å²) >= 11 is 0. The van der Waals surface area contributed by atoms with Crippen molar-refractivity contribution >= 4 is 35.2 Å². The van der Waals surface area contributed by atoms with Gasteiger partial charge in [0.25, 0.3) is 11.8 Å². The van der Waals surface area contributed by atoms with Gasteiger partial charge >= 0.3 is 6.09 Å². The molecular weight excluding hydrogens is 501 g/mol. The summed E-state index contributed by atoms with van der Waals surface area (Å²) in [5, 5.41) is 6.04. The Bertz CT molecular complexity index is 1260. The molecule has 1 fully saturated rings. The number of likely N-dealkylation sites (N-methyl/N-ethyl adjacent to an activating group) is 1. The van der Waals surface area contributed by atoms with Gasteiger partial charge in [-0.25, -0.2) is 14.1 Å². The maximum absolute atomic E-state index is 13.9. The number of ether oxygens (including phenoxy) is 1. The van der Waals surface area contributed by atoms with E-state index < -0.39 is 17.8 Å². The van der Waals surface area contributed by atoms with Gasteiger partial charge < -0.3 is 25.3 Å². The fourth-order valence-corrected chi connectivity index (χ4v) is 5.19. The van der Waals surface area contributed by atoms with Crippen LogP contribution in [0.15, 0.2) is 18.2 Å². The van der Waals surface area contributed by atoms with Crippen LogP contribution >= 0.6 is 0 Å². The van der Waals surface area contributed by atoms with Crippen molar-refractivity contribution in [1.82, 2.24) is 20.1 Å². The maximum atomic E-state index is 13.9. The molecule has 210 valence electrons. The van der Waals surface area contributed by atoms with Gasteiger partial charge in [-0.2, -0.15) is 0 Å². The summed E-state index contributed by atoms with van der Waals surface area (Å²) in [6.45, 7) is 12.0. The first kappa shape index (κ1) is 28.5. The summed E-state index contributed by atoms with van der Waals surface area (Å²) in [6.07, 6.45) is 2.82. The predicted octanol–water partition coefficient (Wildman–Crippen LogP) is 4.18. The van der Waals surface area contributed by atoms with Crippen molar-refractivity contribution in [1.29, 1.82) is 0 Å². The van der Waals surface area contributed by atoms with Crippen LogP contribution in [0.4, 0.5) is 14.9 Å². The summed E-state index contributed by atoms with van der Waals surface area (Å²) in [5.74, 6) is -0.972. The Balaban J connectivity index is 1.60. The number of carbonyl (C=O) groups excluding carboxylic acids is 3. The van der Waals surface area contributed by atoms with Crippen LogP contribution in [0.1, 0.15) is 59.6 Å². The number of nitrogens with one attached hydrogen (secondary N) is 3. The molecule has 2 aliphatic heterocycles. The van der Waals surface area contributed by atoms with Crippen LogP contribution in [0.25, 0.3) is 11.6 Å². The number of aromatic amines is 1. The maximum Gasteiger partial charge on any atom is 0.416 e. The molecule has 0 unspecified atom stereocenters. The highest BCUT2D eigenvalue weighted by atomic mass is 19.1. The van der Waals surface area contributed by atoms with Crippen molar-refractivity contribution in [2.75, 3.05) is 51.2 Å². The van der Waals surface area contributed by atoms with E-state index in [4.69, 9.17) is 4.74 Å². The third-order valence-electron chi connectivity index (χ3n) is 7.64. The highest BCUT2D eigenvalue weighted by Gasteiger charge is 2.31. The molecule has 1 aromatic carbocycles. The Morgan fingerprint density at radius 3 is 2.54 bits per heavy atom. The summed E-state index contributed by atoms with van der Waals surface area (Å²) in [7, 11) is 0. The number of carbonyl (C=O) groups is 3. The molecule has 0 radical (unpaired) electrons. The Morgan fingerprint density at radius 1 is 1.13 bits per heavy atom. The standard InChI is InChI=1S/C29H38FN5O4/c1-5-34(6-2)13-14-35(29(38)39-17-20-9-11-31-12-10-20)28(37)26-18(3)25(32-19(26)4)16-23-22-15-21(30)7-8-24(22)33-27(23)36/h7-8,15-16,20,31-32H,5-6,9-14,17H2,1-4H3,(H,33,36). The molecule has 2 aliphatic rings. The fraction of sp³-hybridized carbons (Fsp3) is 0.483. The molecule has 0 bridgehead atoms. The SMILES string of the molecule is CCN(CC)CCN(C(=O)OCC1CCNCC1)C(=O)c1c(C)[nH]c(C=C2C(=O)Nc3ccc(F)cc32)c1C. The normalized spacial score (nSPS) is 16.5. The molecule has 4 rings (SSSR count). The first-order chi connectivity index (χ1) is 18.7. The topological polar surface area (TPSA) is 107 Å². The molecule has 3 amide bonds. The number of hydrogen-bond acceptors (Lipinski definition) is 6. The van der Waals surface area contributed by atoms with Crippen LogP contribution in [0.2, 0.25) is 0 Å². The van der Waals surface area contributed by atoms with Gasteiger partial charge in [0, 0.05) is 35.7 Å². The number of amides is 3. The zero-order valence-corrected chi connectivity index (χ0v) is 23.2. The van der Waals surface area contributed by atoms with Gasteiger partial charge in [0.05, 0.1) is 17.7 Å². The van der Waals surface area contributed by atoms with Gasteiger partial charge in [0.15, 0.2) is 0 Å². The summed E-state index contributed by atoms with van der Waals surface area (Å²) < 4.78 is 19.6. The number of imide groups is 1. The fourth-order valence-electron chi connectivity index (χ4n) is 5.19. The number of aryl methyl sites for hydroxylation is 1. The van der Waals surface area contributed by atoms with Gasteiger partial charge in [-0.3, -0.25) is 9.59 Å². The largest absolute Gasteiger partial charge is 0.449 e. The van der Waals surface area contributed by atoms with E-state index in [1.54, 1.807) is 19.9 Å². The predicted molar refractivity (Wildman–Crippen MR) is 149 cm³/mol. The number of benzene rings is 1.